The maximum absolute atomic E-state index is 13.0. The number of hydrogen-bond acceptors (Lipinski definition) is 4. The van der Waals surface area contributed by atoms with Crippen LogP contribution in [0.15, 0.2) is 60.7 Å². The van der Waals surface area contributed by atoms with E-state index in [-0.39, 0.29) is 40.6 Å². The standard InChI is InChI=1S/C25H20F3N3O4/c26-25(27,28)15-4-3-5-16(11-15)29-22(33)17-6-1-2-7-18(17)30-19(32)12-31-23(34)20-13-8-9-14(10-13)21(20)24(31)35/h1-9,11,13-14,20-21H,10,12H2,(H,29,33)(H,30,32). The van der Waals surface area contributed by atoms with Gasteiger partial charge in [0.15, 0.2) is 0 Å². The largest absolute Gasteiger partial charge is 0.416 e. The van der Waals surface area contributed by atoms with Crippen molar-refractivity contribution in [2.75, 3.05) is 17.2 Å². The van der Waals surface area contributed by atoms with Gasteiger partial charge in [-0.2, -0.15) is 13.2 Å². The number of alkyl halides is 3. The first kappa shape index (κ1) is 22.8. The molecule has 3 aliphatic rings. The Morgan fingerprint density at radius 3 is 2.23 bits per heavy atom. The van der Waals surface area contributed by atoms with Gasteiger partial charge in [0, 0.05) is 5.69 Å². The van der Waals surface area contributed by atoms with Crippen molar-refractivity contribution >= 4 is 35.0 Å². The number of nitrogens with zero attached hydrogens (tertiary/aromatic N) is 1. The average Bonchev–Trinajstić information content (AvgIpc) is 3.49. The number of likely N-dealkylation sites (tertiary alicyclic amines) is 1. The highest BCUT2D eigenvalue weighted by Gasteiger charge is 2.59. The molecule has 1 heterocycles. The van der Waals surface area contributed by atoms with Gasteiger partial charge in [-0.1, -0.05) is 30.4 Å². The molecule has 2 aromatic rings. The number of para-hydroxylation sites is 1. The number of benzene rings is 2. The van der Waals surface area contributed by atoms with Gasteiger partial charge in [-0.15, -0.1) is 0 Å². The lowest BCUT2D eigenvalue weighted by molar-refractivity contribution is -0.143. The van der Waals surface area contributed by atoms with Crippen molar-refractivity contribution in [2.45, 2.75) is 12.6 Å². The molecule has 180 valence electrons. The maximum Gasteiger partial charge on any atom is 0.416 e. The summed E-state index contributed by atoms with van der Waals surface area (Å²) in [6, 6.07) is 10.1. The monoisotopic (exact) mass is 483 g/mol. The molecule has 1 aliphatic heterocycles. The second-order valence-corrected chi connectivity index (χ2v) is 8.89. The molecule has 0 aromatic heterocycles. The molecule has 2 fully saturated rings. The van der Waals surface area contributed by atoms with Crippen LogP contribution in [0.1, 0.15) is 22.3 Å². The molecule has 2 aliphatic carbocycles. The molecule has 4 atom stereocenters. The molecule has 5 rings (SSSR count). The molecular formula is C25H20F3N3O4. The minimum Gasteiger partial charge on any atom is -0.324 e. The molecule has 0 radical (unpaired) electrons. The van der Waals surface area contributed by atoms with Gasteiger partial charge in [-0.3, -0.25) is 24.1 Å². The Labute approximate surface area is 198 Å². The van der Waals surface area contributed by atoms with Crippen molar-refractivity contribution < 1.29 is 32.3 Å². The SMILES string of the molecule is O=C(CN1C(=O)C2C3C=CC(C3)C2C1=O)Nc1ccccc1C(=O)Nc1cccc(C(F)(F)F)c1. The third-order valence-corrected chi connectivity index (χ3v) is 6.76. The first-order chi connectivity index (χ1) is 16.6. The van der Waals surface area contributed by atoms with Gasteiger partial charge < -0.3 is 10.6 Å². The third kappa shape index (κ3) is 4.09. The Bertz CT molecular complexity index is 1240. The minimum absolute atomic E-state index is 0.0106. The number of nitrogens with one attached hydrogen (secondary N) is 2. The number of amides is 4. The van der Waals surface area contributed by atoms with Gasteiger partial charge >= 0.3 is 6.18 Å². The predicted octanol–water partition coefficient (Wildman–Crippen LogP) is 3.70. The zero-order valence-corrected chi connectivity index (χ0v) is 18.2. The highest BCUT2D eigenvalue weighted by molar-refractivity contribution is 6.12. The summed E-state index contributed by atoms with van der Waals surface area (Å²) in [4.78, 5) is 52.1. The van der Waals surface area contributed by atoms with Crippen molar-refractivity contribution in [3.63, 3.8) is 0 Å². The fraction of sp³-hybridized carbons (Fsp3) is 0.280. The number of halogens is 3. The number of carbonyl (C=O) groups is 4. The highest BCUT2D eigenvalue weighted by atomic mass is 19.4. The second-order valence-electron chi connectivity index (χ2n) is 8.89. The van der Waals surface area contributed by atoms with E-state index in [0.717, 1.165) is 23.5 Å². The fourth-order valence-corrected chi connectivity index (χ4v) is 5.22. The van der Waals surface area contributed by atoms with E-state index in [2.05, 4.69) is 10.6 Å². The van der Waals surface area contributed by atoms with Gasteiger partial charge in [-0.25, -0.2) is 0 Å². The molecule has 2 bridgehead atoms. The van der Waals surface area contributed by atoms with Crippen molar-refractivity contribution in [2.24, 2.45) is 23.7 Å². The van der Waals surface area contributed by atoms with Gasteiger partial charge in [0.2, 0.25) is 17.7 Å². The summed E-state index contributed by atoms with van der Waals surface area (Å²) < 4.78 is 38.9. The van der Waals surface area contributed by atoms with Crippen molar-refractivity contribution in [1.29, 1.82) is 0 Å². The topological polar surface area (TPSA) is 95.6 Å². The van der Waals surface area contributed by atoms with Crippen LogP contribution >= 0.6 is 0 Å². The zero-order chi connectivity index (χ0) is 24.9. The van der Waals surface area contributed by atoms with Crippen LogP contribution in [0.3, 0.4) is 0 Å². The van der Waals surface area contributed by atoms with Crippen LogP contribution < -0.4 is 10.6 Å². The van der Waals surface area contributed by atoms with Crippen LogP contribution in [0.25, 0.3) is 0 Å². The predicted molar refractivity (Wildman–Crippen MR) is 119 cm³/mol. The lowest BCUT2D eigenvalue weighted by atomic mass is 9.85. The molecule has 7 nitrogen and oxygen atoms in total. The van der Waals surface area contributed by atoms with Crippen LogP contribution in [0.4, 0.5) is 24.5 Å². The van der Waals surface area contributed by atoms with Crippen LogP contribution in [-0.2, 0) is 20.6 Å². The molecule has 35 heavy (non-hydrogen) atoms. The number of carbonyl (C=O) groups excluding carboxylic acids is 4. The molecule has 1 saturated heterocycles. The van der Waals surface area contributed by atoms with Gasteiger partial charge in [-0.05, 0) is 48.6 Å². The molecule has 4 amide bonds. The number of allylic oxidation sites excluding steroid dienone is 2. The molecule has 1 saturated carbocycles. The summed E-state index contributed by atoms with van der Waals surface area (Å²) in [5.74, 6) is -2.90. The fourth-order valence-electron chi connectivity index (χ4n) is 5.22. The Morgan fingerprint density at radius 1 is 0.914 bits per heavy atom. The Hall–Kier alpha value is -3.95. The van der Waals surface area contributed by atoms with E-state index >= 15 is 0 Å². The number of rotatable bonds is 5. The van der Waals surface area contributed by atoms with Crippen molar-refractivity contribution in [3.05, 3.63) is 71.8 Å². The van der Waals surface area contributed by atoms with E-state index in [1.165, 1.54) is 30.3 Å². The van der Waals surface area contributed by atoms with Crippen molar-refractivity contribution in [1.82, 2.24) is 4.90 Å². The summed E-state index contributed by atoms with van der Waals surface area (Å²) in [5.41, 5.74) is -0.862. The first-order valence-electron chi connectivity index (χ1n) is 11.0. The van der Waals surface area contributed by atoms with Crippen LogP contribution in [0, 0.1) is 23.7 Å². The van der Waals surface area contributed by atoms with Crippen LogP contribution in [0.5, 0.6) is 0 Å². The number of fused-ring (bicyclic) bond motifs is 5. The average molecular weight is 483 g/mol. The van der Waals surface area contributed by atoms with Crippen LogP contribution in [-0.4, -0.2) is 35.1 Å². The van der Waals surface area contributed by atoms with Gasteiger partial charge in [0.1, 0.15) is 6.54 Å². The summed E-state index contributed by atoms with van der Waals surface area (Å²) in [7, 11) is 0. The molecule has 2 N–H and O–H groups in total. The summed E-state index contributed by atoms with van der Waals surface area (Å²) in [6.07, 6.45) is 0.131. The molecule has 10 heteroatoms. The van der Waals surface area contributed by atoms with E-state index in [9.17, 15) is 32.3 Å². The van der Waals surface area contributed by atoms with Crippen LogP contribution in [0.2, 0.25) is 0 Å². The molecule has 0 spiro atoms. The number of imide groups is 1. The molecular weight excluding hydrogens is 463 g/mol. The van der Waals surface area contributed by atoms with Gasteiger partial charge in [0.05, 0.1) is 28.7 Å². The second kappa shape index (κ2) is 8.37. The Balaban J connectivity index is 1.28. The normalized spacial score (nSPS) is 24.6. The summed E-state index contributed by atoms with van der Waals surface area (Å²) in [5, 5.41) is 4.94. The molecule has 2 aromatic carbocycles. The highest BCUT2D eigenvalue weighted by Crippen LogP contribution is 2.52. The number of anilines is 2. The lowest BCUT2D eigenvalue weighted by Crippen LogP contribution is -2.39. The summed E-state index contributed by atoms with van der Waals surface area (Å²) in [6.45, 7) is -0.478. The minimum atomic E-state index is -4.56. The van der Waals surface area contributed by atoms with E-state index in [0.29, 0.717) is 0 Å². The summed E-state index contributed by atoms with van der Waals surface area (Å²) >= 11 is 0. The van der Waals surface area contributed by atoms with E-state index in [1.54, 1.807) is 6.07 Å². The molecule has 4 unspecified atom stereocenters. The van der Waals surface area contributed by atoms with E-state index < -0.39 is 41.9 Å². The Morgan fingerprint density at radius 2 is 1.57 bits per heavy atom. The van der Waals surface area contributed by atoms with Gasteiger partial charge in [0.25, 0.3) is 5.91 Å². The first-order valence-corrected chi connectivity index (χ1v) is 11.0. The maximum atomic E-state index is 13.0. The number of hydrogen-bond donors (Lipinski definition) is 2. The van der Waals surface area contributed by atoms with E-state index in [4.69, 9.17) is 0 Å². The smallest absolute Gasteiger partial charge is 0.324 e. The van der Waals surface area contributed by atoms with E-state index in [1.807, 2.05) is 12.2 Å². The lowest BCUT2D eigenvalue weighted by Gasteiger charge is -2.17. The van der Waals surface area contributed by atoms with Crippen molar-refractivity contribution in [3.8, 4) is 0 Å². The third-order valence-electron chi connectivity index (χ3n) is 6.76. The zero-order valence-electron chi connectivity index (χ0n) is 18.2. The Kier molecular flexibility index (Phi) is 5.46. The quantitative estimate of drug-likeness (QED) is 0.501.